The molecule has 1 aliphatic heterocycles. The van der Waals surface area contributed by atoms with Gasteiger partial charge in [0.1, 0.15) is 0 Å². The van der Waals surface area contributed by atoms with Gasteiger partial charge in [-0.2, -0.15) is 0 Å². The molecule has 1 N–H and O–H groups in total. The van der Waals surface area contributed by atoms with Crippen LogP contribution in [0.3, 0.4) is 0 Å². The fraction of sp³-hybridized carbons (Fsp3) is 1.00. The average Bonchev–Trinajstić information content (AvgIpc) is 2.79. The second kappa shape index (κ2) is 5.05. The van der Waals surface area contributed by atoms with Gasteiger partial charge in [0, 0.05) is 25.2 Å². The monoisotopic (exact) mass is 222 g/mol. The summed E-state index contributed by atoms with van der Waals surface area (Å²) in [6.45, 7) is 4.03. The third-order valence-electron chi connectivity index (χ3n) is 4.69. The van der Waals surface area contributed by atoms with E-state index in [1.54, 1.807) is 0 Å². The van der Waals surface area contributed by atoms with Crippen molar-refractivity contribution in [2.45, 2.75) is 63.5 Å². The standard InChI is InChI=1S/C14H26N2/c1-2-5-12(4-1)11-16-9-3-6-14(16)10-15-13-7-8-13/h12-15H,1-11H2. The van der Waals surface area contributed by atoms with Gasteiger partial charge in [-0.25, -0.2) is 0 Å². The largest absolute Gasteiger partial charge is 0.312 e. The molecule has 1 unspecified atom stereocenters. The van der Waals surface area contributed by atoms with Crippen molar-refractivity contribution in [1.29, 1.82) is 0 Å². The molecule has 2 aliphatic carbocycles. The predicted molar refractivity (Wildman–Crippen MR) is 67.6 cm³/mol. The van der Waals surface area contributed by atoms with Crippen molar-refractivity contribution < 1.29 is 0 Å². The van der Waals surface area contributed by atoms with E-state index in [-0.39, 0.29) is 0 Å². The molecule has 0 spiro atoms. The smallest absolute Gasteiger partial charge is 0.0221 e. The Bertz CT molecular complexity index is 219. The summed E-state index contributed by atoms with van der Waals surface area (Å²) in [4.78, 5) is 2.78. The van der Waals surface area contributed by atoms with E-state index in [9.17, 15) is 0 Å². The minimum Gasteiger partial charge on any atom is -0.312 e. The van der Waals surface area contributed by atoms with Crippen LogP contribution in [0.2, 0.25) is 0 Å². The van der Waals surface area contributed by atoms with E-state index in [4.69, 9.17) is 0 Å². The summed E-state index contributed by atoms with van der Waals surface area (Å²) < 4.78 is 0. The lowest BCUT2D eigenvalue weighted by Gasteiger charge is -2.27. The second-order valence-electron chi connectivity index (χ2n) is 6.12. The molecule has 0 aromatic heterocycles. The third-order valence-corrected chi connectivity index (χ3v) is 4.69. The van der Waals surface area contributed by atoms with Gasteiger partial charge in [0.25, 0.3) is 0 Å². The Hall–Kier alpha value is -0.0800. The first-order valence-electron chi connectivity index (χ1n) is 7.39. The van der Waals surface area contributed by atoms with Gasteiger partial charge >= 0.3 is 0 Å². The maximum absolute atomic E-state index is 3.71. The second-order valence-corrected chi connectivity index (χ2v) is 6.12. The molecule has 2 heteroatoms. The lowest BCUT2D eigenvalue weighted by atomic mass is 10.1. The minimum atomic E-state index is 0.862. The highest BCUT2D eigenvalue weighted by Gasteiger charge is 2.29. The van der Waals surface area contributed by atoms with Crippen LogP contribution in [0.5, 0.6) is 0 Å². The van der Waals surface area contributed by atoms with E-state index in [0.29, 0.717) is 0 Å². The molecule has 1 heterocycles. The molecule has 16 heavy (non-hydrogen) atoms. The molecule has 0 aromatic carbocycles. The van der Waals surface area contributed by atoms with Crippen molar-refractivity contribution >= 4 is 0 Å². The molecule has 1 atom stereocenters. The van der Waals surface area contributed by atoms with Crippen molar-refractivity contribution in [3.63, 3.8) is 0 Å². The summed E-state index contributed by atoms with van der Waals surface area (Å²) in [6, 6.07) is 1.75. The minimum absolute atomic E-state index is 0.862. The van der Waals surface area contributed by atoms with Crippen LogP contribution in [0.1, 0.15) is 51.4 Å². The SMILES string of the molecule is C1CCC(CN2CCCC2CNC2CC2)C1. The molecular weight excluding hydrogens is 196 g/mol. The quantitative estimate of drug-likeness (QED) is 0.768. The zero-order chi connectivity index (χ0) is 10.8. The van der Waals surface area contributed by atoms with Gasteiger partial charge in [-0.15, -0.1) is 0 Å². The molecule has 2 nitrogen and oxygen atoms in total. The Labute approximate surface area is 99.8 Å². The maximum Gasteiger partial charge on any atom is 0.0221 e. The summed E-state index contributed by atoms with van der Waals surface area (Å²) in [5, 5.41) is 3.71. The molecule has 0 aromatic rings. The number of likely N-dealkylation sites (tertiary alicyclic amines) is 1. The zero-order valence-electron chi connectivity index (χ0n) is 10.5. The molecule has 3 rings (SSSR count). The molecule has 92 valence electrons. The van der Waals surface area contributed by atoms with Gasteiger partial charge in [-0.3, -0.25) is 4.90 Å². The number of hydrogen-bond acceptors (Lipinski definition) is 2. The lowest BCUT2D eigenvalue weighted by molar-refractivity contribution is 0.210. The third kappa shape index (κ3) is 2.78. The van der Waals surface area contributed by atoms with E-state index in [1.807, 2.05) is 0 Å². The van der Waals surface area contributed by atoms with Gasteiger partial charge < -0.3 is 5.32 Å². The van der Waals surface area contributed by atoms with Crippen LogP contribution in [0.25, 0.3) is 0 Å². The van der Waals surface area contributed by atoms with E-state index in [2.05, 4.69) is 10.2 Å². The van der Waals surface area contributed by atoms with Crippen molar-refractivity contribution in [2.24, 2.45) is 5.92 Å². The van der Waals surface area contributed by atoms with Crippen molar-refractivity contribution in [3.8, 4) is 0 Å². The van der Waals surface area contributed by atoms with Crippen molar-refractivity contribution in [1.82, 2.24) is 10.2 Å². The molecule has 3 fully saturated rings. The van der Waals surface area contributed by atoms with Gasteiger partial charge in [0.2, 0.25) is 0 Å². The van der Waals surface area contributed by atoms with Gasteiger partial charge in [0.15, 0.2) is 0 Å². The molecule has 0 bridgehead atoms. The highest BCUT2D eigenvalue weighted by Crippen LogP contribution is 2.28. The first-order valence-corrected chi connectivity index (χ1v) is 7.39. The molecule has 0 radical (unpaired) electrons. The summed E-state index contributed by atoms with van der Waals surface area (Å²) in [5.41, 5.74) is 0. The molecule has 3 aliphatic rings. The van der Waals surface area contributed by atoms with E-state index < -0.39 is 0 Å². The van der Waals surface area contributed by atoms with Crippen molar-refractivity contribution in [3.05, 3.63) is 0 Å². The molecule has 0 amide bonds. The van der Waals surface area contributed by atoms with Gasteiger partial charge in [-0.05, 0) is 51.0 Å². The van der Waals surface area contributed by atoms with Gasteiger partial charge in [0.05, 0.1) is 0 Å². The van der Waals surface area contributed by atoms with E-state index in [0.717, 1.165) is 18.0 Å². The Kier molecular flexibility index (Phi) is 3.49. The number of nitrogens with zero attached hydrogens (tertiary/aromatic N) is 1. The maximum atomic E-state index is 3.71. The average molecular weight is 222 g/mol. The van der Waals surface area contributed by atoms with Crippen LogP contribution in [-0.2, 0) is 0 Å². The molecular formula is C14H26N2. The summed E-state index contributed by atoms with van der Waals surface area (Å²) in [7, 11) is 0. The summed E-state index contributed by atoms with van der Waals surface area (Å²) in [6.07, 6.45) is 11.7. The van der Waals surface area contributed by atoms with E-state index in [1.165, 1.54) is 71.0 Å². The zero-order valence-corrected chi connectivity index (χ0v) is 10.5. The van der Waals surface area contributed by atoms with Crippen molar-refractivity contribution in [2.75, 3.05) is 19.6 Å². The van der Waals surface area contributed by atoms with Crippen LogP contribution in [0.4, 0.5) is 0 Å². The van der Waals surface area contributed by atoms with Crippen LogP contribution in [0.15, 0.2) is 0 Å². The number of hydrogen-bond donors (Lipinski definition) is 1. The topological polar surface area (TPSA) is 15.3 Å². The first kappa shape index (κ1) is 11.0. The highest BCUT2D eigenvalue weighted by atomic mass is 15.2. The number of rotatable bonds is 5. The highest BCUT2D eigenvalue weighted by molar-refractivity contribution is 4.87. The van der Waals surface area contributed by atoms with Crippen LogP contribution < -0.4 is 5.32 Å². The predicted octanol–water partition coefficient (Wildman–Crippen LogP) is 2.39. The molecule has 1 saturated heterocycles. The Morgan fingerprint density at radius 2 is 1.75 bits per heavy atom. The van der Waals surface area contributed by atoms with E-state index >= 15 is 0 Å². The van der Waals surface area contributed by atoms with Gasteiger partial charge in [-0.1, -0.05) is 12.8 Å². The van der Waals surface area contributed by atoms with Crippen LogP contribution in [0, 0.1) is 5.92 Å². The lowest BCUT2D eigenvalue weighted by Crippen LogP contribution is -2.40. The Balaban J connectivity index is 1.43. The summed E-state index contributed by atoms with van der Waals surface area (Å²) in [5.74, 6) is 1.03. The van der Waals surface area contributed by atoms with Crippen LogP contribution in [-0.4, -0.2) is 36.6 Å². The number of nitrogens with one attached hydrogen (secondary N) is 1. The van der Waals surface area contributed by atoms with Crippen LogP contribution >= 0.6 is 0 Å². The molecule has 2 saturated carbocycles. The normalized spacial score (nSPS) is 32.6. The fourth-order valence-corrected chi connectivity index (χ4v) is 3.48. The Morgan fingerprint density at radius 1 is 0.938 bits per heavy atom. The summed E-state index contributed by atoms with van der Waals surface area (Å²) >= 11 is 0. The Morgan fingerprint density at radius 3 is 2.50 bits per heavy atom. The fourth-order valence-electron chi connectivity index (χ4n) is 3.48. The first-order chi connectivity index (χ1) is 7.92.